The standard InChI is InChI=1S/C36H29N5/c1-3-13-24(4-2)31-23-32(26-16-9-6-10-17-26)38-34(37-31)36-39-29-21-20-27(25-14-7-5-8-15-25)22-28(29)35-40-30-18-11-12-19-33(30)41(35)36/h3-23,35-36,39-40H,1-2H2/b24-13+. The Labute approximate surface area is 240 Å². The fraction of sp³-hybridized carbons (Fsp3) is 0.0556. The number of nitrogens with zero attached hydrogens (tertiary/aromatic N) is 3. The van der Waals surface area contributed by atoms with Crippen molar-refractivity contribution in [2.45, 2.75) is 12.3 Å². The quantitative estimate of drug-likeness (QED) is 0.215. The van der Waals surface area contributed by atoms with Gasteiger partial charge < -0.3 is 15.5 Å². The van der Waals surface area contributed by atoms with Crippen molar-refractivity contribution in [1.29, 1.82) is 0 Å². The molecule has 0 bridgehead atoms. The molecule has 2 N–H and O–H groups in total. The Morgan fingerprint density at radius 2 is 1.39 bits per heavy atom. The van der Waals surface area contributed by atoms with E-state index in [0.29, 0.717) is 5.82 Å². The van der Waals surface area contributed by atoms with Gasteiger partial charge in [-0.15, -0.1) is 0 Å². The predicted molar refractivity (Wildman–Crippen MR) is 169 cm³/mol. The Kier molecular flexibility index (Phi) is 6.17. The number of rotatable bonds is 6. The highest BCUT2D eigenvalue weighted by Crippen LogP contribution is 2.51. The summed E-state index contributed by atoms with van der Waals surface area (Å²) in [5.41, 5.74) is 10.4. The lowest BCUT2D eigenvalue weighted by molar-refractivity contribution is 0.578. The van der Waals surface area contributed by atoms with Gasteiger partial charge in [0.25, 0.3) is 0 Å². The van der Waals surface area contributed by atoms with Crippen molar-refractivity contribution in [3.05, 3.63) is 158 Å². The molecule has 2 atom stereocenters. The van der Waals surface area contributed by atoms with Crippen LogP contribution >= 0.6 is 0 Å². The average molecular weight is 532 g/mol. The molecule has 5 nitrogen and oxygen atoms in total. The minimum absolute atomic E-state index is 0.0904. The first-order valence-corrected chi connectivity index (χ1v) is 13.7. The molecule has 2 unspecified atom stereocenters. The largest absolute Gasteiger partial charge is 0.360 e. The fourth-order valence-electron chi connectivity index (χ4n) is 5.71. The van der Waals surface area contributed by atoms with E-state index in [4.69, 9.17) is 9.97 Å². The van der Waals surface area contributed by atoms with Gasteiger partial charge in [-0.25, -0.2) is 9.97 Å². The summed E-state index contributed by atoms with van der Waals surface area (Å²) in [5.74, 6) is 0.680. The van der Waals surface area contributed by atoms with Crippen molar-refractivity contribution in [2.75, 3.05) is 15.5 Å². The Hall–Kier alpha value is -5.42. The molecule has 5 aromatic rings. The maximum atomic E-state index is 5.15. The third-order valence-corrected chi connectivity index (χ3v) is 7.65. The summed E-state index contributed by atoms with van der Waals surface area (Å²) >= 11 is 0. The number of aromatic nitrogens is 2. The maximum absolute atomic E-state index is 5.15. The highest BCUT2D eigenvalue weighted by Gasteiger charge is 2.42. The van der Waals surface area contributed by atoms with Crippen molar-refractivity contribution < 1.29 is 0 Å². The molecule has 198 valence electrons. The highest BCUT2D eigenvalue weighted by atomic mass is 15.4. The van der Waals surface area contributed by atoms with Gasteiger partial charge >= 0.3 is 0 Å². The van der Waals surface area contributed by atoms with Crippen LogP contribution in [0.25, 0.3) is 28.0 Å². The van der Waals surface area contributed by atoms with Gasteiger partial charge in [0.1, 0.15) is 6.17 Å². The van der Waals surface area contributed by atoms with Crippen LogP contribution in [0, 0.1) is 0 Å². The van der Waals surface area contributed by atoms with Crippen LogP contribution in [0.4, 0.5) is 17.1 Å². The summed E-state index contributed by atoms with van der Waals surface area (Å²) in [6, 6.07) is 37.8. The van der Waals surface area contributed by atoms with Crippen molar-refractivity contribution in [3.63, 3.8) is 0 Å². The molecule has 0 saturated heterocycles. The zero-order valence-electron chi connectivity index (χ0n) is 22.5. The molecule has 2 aliphatic heterocycles. The number of nitrogens with one attached hydrogen (secondary N) is 2. The molecule has 7 rings (SSSR count). The Morgan fingerprint density at radius 3 is 2.15 bits per heavy atom. The molecule has 4 aromatic carbocycles. The molecular weight excluding hydrogens is 502 g/mol. The topological polar surface area (TPSA) is 53.1 Å². The number of allylic oxidation sites excluding steroid dienone is 4. The first kappa shape index (κ1) is 24.6. The summed E-state index contributed by atoms with van der Waals surface area (Å²) in [4.78, 5) is 12.6. The fourth-order valence-corrected chi connectivity index (χ4v) is 5.71. The molecule has 0 spiro atoms. The number of para-hydroxylation sites is 2. The van der Waals surface area contributed by atoms with E-state index >= 15 is 0 Å². The van der Waals surface area contributed by atoms with Crippen LogP contribution in [0.2, 0.25) is 0 Å². The lowest BCUT2D eigenvalue weighted by Gasteiger charge is -2.41. The zero-order valence-corrected chi connectivity index (χ0v) is 22.5. The first-order valence-electron chi connectivity index (χ1n) is 13.7. The van der Waals surface area contributed by atoms with E-state index < -0.39 is 0 Å². The normalized spacial score (nSPS) is 17.0. The lowest BCUT2D eigenvalue weighted by atomic mass is 9.98. The lowest BCUT2D eigenvalue weighted by Crippen LogP contribution is -2.41. The van der Waals surface area contributed by atoms with Gasteiger partial charge in [0.05, 0.1) is 22.8 Å². The van der Waals surface area contributed by atoms with Gasteiger partial charge in [-0.1, -0.05) is 110 Å². The summed E-state index contributed by atoms with van der Waals surface area (Å²) in [7, 11) is 0. The second-order valence-corrected chi connectivity index (χ2v) is 10.1. The van der Waals surface area contributed by atoms with Gasteiger partial charge in [0.2, 0.25) is 0 Å². The average Bonchev–Trinajstić information content (AvgIpc) is 3.44. The third-order valence-electron chi connectivity index (χ3n) is 7.65. The monoisotopic (exact) mass is 531 g/mol. The number of anilines is 3. The van der Waals surface area contributed by atoms with Crippen LogP contribution in [0.3, 0.4) is 0 Å². The summed E-state index contributed by atoms with van der Waals surface area (Å²) in [6.07, 6.45) is 5.10. The maximum Gasteiger partial charge on any atom is 0.172 e. The number of hydrogen-bond acceptors (Lipinski definition) is 5. The molecule has 3 heterocycles. The number of benzene rings is 4. The van der Waals surface area contributed by atoms with E-state index in [1.54, 1.807) is 6.08 Å². The van der Waals surface area contributed by atoms with Crippen molar-refractivity contribution >= 4 is 22.6 Å². The van der Waals surface area contributed by atoms with Gasteiger partial charge in [-0.3, -0.25) is 0 Å². The van der Waals surface area contributed by atoms with Crippen LogP contribution in [0.5, 0.6) is 0 Å². The van der Waals surface area contributed by atoms with Gasteiger partial charge in [-0.2, -0.15) is 0 Å². The predicted octanol–water partition coefficient (Wildman–Crippen LogP) is 8.62. The van der Waals surface area contributed by atoms with Crippen LogP contribution in [-0.4, -0.2) is 9.97 Å². The smallest absolute Gasteiger partial charge is 0.172 e. The number of fused-ring (bicyclic) bond motifs is 5. The van der Waals surface area contributed by atoms with Crippen LogP contribution in [-0.2, 0) is 0 Å². The molecule has 1 aromatic heterocycles. The van der Waals surface area contributed by atoms with Gasteiger partial charge in [-0.05, 0) is 47.0 Å². The molecule has 5 heteroatoms. The first-order chi connectivity index (χ1) is 20.2. The Morgan fingerprint density at radius 1 is 0.683 bits per heavy atom. The van der Waals surface area contributed by atoms with Crippen molar-refractivity contribution in [1.82, 2.24) is 9.97 Å². The minimum atomic E-state index is -0.316. The molecule has 0 fully saturated rings. The van der Waals surface area contributed by atoms with E-state index in [1.807, 2.05) is 42.5 Å². The third kappa shape index (κ3) is 4.38. The molecule has 0 aliphatic carbocycles. The molecule has 0 saturated carbocycles. The molecule has 0 radical (unpaired) electrons. The second-order valence-electron chi connectivity index (χ2n) is 10.1. The second kappa shape index (κ2) is 10.3. The Balaban J connectivity index is 1.41. The Bertz CT molecular complexity index is 1790. The molecule has 41 heavy (non-hydrogen) atoms. The summed E-state index contributed by atoms with van der Waals surface area (Å²) in [6.45, 7) is 7.93. The van der Waals surface area contributed by atoms with Crippen LogP contribution in [0.1, 0.15) is 29.4 Å². The molecular formula is C36H29N5. The zero-order chi connectivity index (χ0) is 27.8. The van der Waals surface area contributed by atoms with Crippen LogP contribution < -0.4 is 15.5 Å². The highest BCUT2D eigenvalue weighted by molar-refractivity contribution is 5.82. The van der Waals surface area contributed by atoms with E-state index in [1.165, 1.54) is 16.7 Å². The van der Waals surface area contributed by atoms with E-state index in [0.717, 1.165) is 39.6 Å². The number of hydrogen-bond donors (Lipinski definition) is 2. The van der Waals surface area contributed by atoms with E-state index in [-0.39, 0.29) is 12.3 Å². The van der Waals surface area contributed by atoms with Crippen molar-refractivity contribution in [3.8, 4) is 22.4 Å². The van der Waals surface area contributed by atoms with E-state index in [9.17, 15) is 0 Å². The van der Waals surface area contributed by atoms with Crippen molar-refractivity contribution in [2.24, 2.45) is 0 Å². The van der Waals surface area contributed by atoms with Gasteiger partial charge in [0, 0.05) is 16.8 Å². The SMILES string of the molecule is C=C/C=C(\C=C)c1cc(-c2ccccc2)nc(C2Nc3ccc(-c4ccccc4)cc3C3Nc4ccccc4N23)n1. The minimum Gasteiger partial charge on any atom is -0.360 e. The molecule has 2 aliphatic rings. The van der Waals surface area contributed by atoms with E-state index in [2.05, 4.69) is 108 Å². The summed E-state index contributed by atoms with van der Waals surface area (Å²) < 4.78 is 0. The molecule has 0 amide bonds. The van der Waals surface area contributed by atoms with Crippen LogP contribution in [0.15, 0.2) is 141 Å². The van der Waals surface area contributed by atoms with Gasteiger partial charge in [0.15, 0.2) is 12.0 Å². The summed E-state index contributed by atoms with van der Waals surface area (Å²) in [5, 5.41) is 7.57.